The highest BCUT2D eigenvalue weighted by molar-refractivity contribution is 7.92. The van der Waals surface area contributed by atoms with E-state index in [1.54, 1.807) is 11.0 Å². The van der Waals surface area contributed by atoms with Crippen LogP contribution < -0.4 is 0 Å². The number of benzene rings is 1. The Morgan fingerprint density at radius 3 is 2.52 bits per heavy atom. The van der Waals surface area contributed by atoms with Crippen molar-refractivity contribution in [3.05, 3.63) is 78.0 Å². The highest BCUT2D eigenvalue weighted by Crippen LogP contribution is 2.29. The van der Waals surface area contributed by atoms with Crippen LogP contribution in [0.5, 0.6) is 0 Å². The molecule has 1 heterocycles. The zero-order chi connectivity index (χ0) is 20.9. The maximum atomic E-state index is 13.0. The molecule has 0 radical (unpaired) electrons. The van der Waals surface area contributed by atoms with Crippen molar-refractivity contribution in [3.8, 4) is 0 Å². The number of hydrogen-bond donors (Lipinski definition) is 0. The second-order valence-corrected chi connectivity index (χ2v) is 9.02. The molecule has 0 N–H and O–H groups in total. The monoisotopic (exact) mass is 413 g/mol. The molecule has 2 aromatic rings. The van der Waals surface area contributed by atoms with Gasteiger partial charge in [-0.25, -0.2) is 8.42 Å². The number of carbonyl (C=O) groups is 1. The molecular formula is C22H27N3O3S. The van der Waals surface area contributed by atoms with Gasteiger partial charge in [-0.15, -0.1) is 6.58 Å². The second-order valence-electron chi connectivity index (χ2n) is 7.20. The number of aryl methyl sites for hydroxylation is 1. The highest BCUT2D eigenvalue weighted by Gasteiger charge is 2.34. The van der Waals surface area contributed by atoms with E-state index in [0.717, 1.165) is 29.5 Å². The summed E-state index contributed by atoms with van der Waals surface area (Å²) < 4.78 is 28.8. The first-order valence-electron chi connectivity index (χ1n) is 9.64. The predicted octanol–water partition coefficient (Wildman–Crippen LogP) is 3.00. The zero-order valence-electron chi connectivity index (χ0n) is 16.6. The topological polar surface area (TPSA) is 62.6 Å². The molecule has 0 atom stereocenters. The fourth-order valence-corrected chi connectivity index (χ4v) is 4.21. The summed E-state index contributed by atoms with van der Waals surface area (Å²) in [4.78, 5) is 14.8. The normalized spacial score (nSPS) is 14.4. The second kappa shape index (κ2) is 9.24. The summed E-state index contributed by atoms with van der Waals surface area (Å²) >= 11 is 0. The zero-order valence-corrected chi connectivity index (χ0v) is 17.5. The van der Waals surface area contributed by atoms with E-state index in [1.165, 1.54) is 10.4 Å². The molecule has 1 aromatic carbocycles. The van der Waals surface area contributed by atoms with E-state index < -0.39 is 10.0 Å². The molecule has 0 saturated heterocycles. The summed E-state index contributed by atoms with van der Waals surface area (Å²) in [6.07, 6.45) is 6.89. The summed E-state index contributed by atoms with van der Waals surface area (Å²) in [6, 6.07) is 13.3. The number of amides is 1. The summed E-state index contributed by atoms with van der Waals surface area (Å²) in [6.45, 7) is 4.01. The minimum Gasteiger partial charge on any atom is -0.353 e. The van der Waals surface area contributed by atoms with Gasteiger partial charge < -0.3 is 9.47 Å². The van der Waals surface area contributed by atoms with Crippen molar-refractivity contribution in [2.45, 2.75) is 25.4 Å². The van der Waals surface area contributed by atoms with E-state index in [2.05, 4.69) is 6.58 Å². The fourth-order valence-electron chi connectivity index (χ4n) is 3.10. The molecule has 0 unspecified atom stereocenters. The van der Waals surface area contributed by atoms with E-state index in [1.807, 2.05) is 60.3 Å². The molecule has 7 heteroatoms. The van der Waals surface area contributed by atoms with Gasteiger partial charge in [0.05, 0.1) is 13.1 Å². The molecule has 3 rings (SSSR count). The molecule has 29 heavy (non-hydrogen) atoms. The molecule has 1 fully saturated rings. The molecule has 6 nitrogen and oxygen atoms in total. The molecule has 154 valence electrons. The molecule has 0 spiro atoms. The van der Waals surface area contributed by atoms with E-state index in [4.69, 9.17) is 0 Å². The third kappa shape index (κ3) is 5.68. The Labute approximate surface area is 172 Å². The SMILES string of the molecule is C=CCN(CC(=O)N(Cc1cccn1C)C1CC1)S(=O)(=O)/C=C/c1ccccc1. The molecule has 1 amide bonds. The van der Waals surface area contributed by atoms with Crippen LogP contribution in [0.4, 0.5) is 0 Å². The maximum absolute atomic E-state index is 13.0. The van der Waals surface area contributed by atoms with Crippen LogP contribution in [0.15, 0.2) is 66.7 Å². The lowest BCUT2D eigenvalue weighted by atomic mass is 10.2. The van der Waals surface area contributed by atoms with Crippen LogP contribution in [0.1, 0.15) is 24.1 Å². The smallest absolute Gasteiger partial charge is 0.238 e. The third-order valence-corrected chi connectivity index (χ3v) is 6.41. The van der Waals surface area contributed by atoms with Crippen LogP contribution in [-0.4, -0.2) is 47.2 Å². The standard InChI is InChI=1S/C22H27N3O3S/c1-3-14-24(29(27,28)16-13-19-8-5-4-6-9-19)18-22(26)25(20-11-12-20)17-21-10-7-15-23(21)2/h3-10,13,15-16,20H,1,11-12,14,17-18H2,2H3/b16-13+. The van der Waals surface area contributed by atoms with Gasteiger partial charge in [0.2, 0.25) is 15.9 Å². The summed E-state index contributed by atoms with van der Waals surface area (Å²) in [5.41, 5.74) is 1.80. The quantitative estimate of drug-likeness (QED) is 0.563. The molecule has 0 aliphatic heterocycles. The van der Waals surface area contributed by atoms with Gasteiger partial charge in [0.15, 0.2) is 0 Å². The fraction of sp³-hybridized carbons (Fsp3) is 0.318. The number of aromatic nitrogens is 1. The molecular weight excluding hydrogens is 386 g/mol. The van der Waals surface area contributed by atoms with Gasteiger partial charge in [0.1, 0.15) is 0 Å². The van der Waals surface area contributed by atoms with Gasteiger partial charge in [0, 0.05) is 36.9 Å². The molecule has 1 saturated carbocycles. The average Bonchev–Trinajstić information content (AvgIpc) is 3.47. The molecule has 1 aliphatic rings. The lowest BCUT2D eigenvalue weighted by Gasteiger charge is -2.26. The van der Waals surface area contributed by atoms with E-state index >= 15 is 0 Å². The average molecular weight is 414 g/mol. The van der Waals surface area contributed by atoms with Gasteiger partial charge >= 0.3 is 0 Å². The Hall–Kier alpha value is -2.64. The van der Waals surface area contributed by atoms with Gasteiger partial charge in [-0.2, -0.15) is 4.31 Å². The number of nitrogens with zero attached hydrogens (tertiary/aromatic N) is 3. The molecule has 0 bridgehead atoms. The number of hydrogen-bond acceptors (Lipinski definition) is 3. The lowest BCUT2D eigenvalue weighted by Crippen LogP contribution is -2.43. The number of sulfonamides is 1. The molecule has 1 aromatic heterocycles. The van der Waals surface area contributed by atoms with Crippen LogP contribution in [-0.2, 0) is 28.4 Å². The Balaban J connectivity index is 1.74. The van der Waals surface area contributed by atoms with Gasteiger partial charge in [-0.3, -0.25) is 4.79 Å². The van der Waals surface area contributed by atoms with Gasteiger partial charge in [-0.05, 0) is 36.6 Å². The summed E-state index contributed by atoms with van der Waals surface area (Å²) in [7, 11) is -1.82. The van der Waals surface area contributed by atoms with Crippen LogP contribution >= 0.6 is 0 Å². The largest absolute Gasteiger partial charge is 0.353 e. The Bertz CT molecular complexity index is 976. The first-order chi connectivity index (χ1) is 13.9. The van der Waals surface area contributed by atoms with Crippen LogP contribution in [0.25, 0.3) is 6.08 Å². The minimum absolute atomic E-state index is 0.0792. The van der Waals surface area contributed by atoms with Crippen molar-refractivity contribution >= 4 is 22.0 Å². The van der Waals surface area contributed by atoms with Crippen molar-refractivity contribution in [1.82, 2.24) is 13.8 Å². The van der Waals surface area contributed by atoms with Gasteiger partial charge in [-0.1, -0.05) is 36.4 Å². The van der Waals surface area contributed by atoms with Crippen molar-refractivity contribution in [2.75, 3.05) is 13.1 Å². The van der Waals surface area contributed by atoms with Crippen molar-refractivity contribution in [3.63, 3.8) is 0 Å². The lowest BCUT2D eigenvalue weighted by molar-refractivity contribution is -0.132. The molecule has 1 aliphatic carbocycles. The van der Waals surface area contributed by atoms with Crippen LogP contribution in [0.3, 0.4) is 0 Å². The van der Waals surface area contributed by atoms with E-state index in [9.17, 15) is 13.2 Å². The highest BCUT2D eigenvalue weighted by atomic mass is 32.2. The summed E-state index contributed by atoms with van der Waals surface area (Å²) in [5.74, 6) is -0.188. The maximum Gasteiger partial charge on any atom is 0.238 e. The van der Waals surface area contributed by atoms with Crippen LogP contribution in [0.2, 0.25) is 0 Å². The Morgan fingerprint density at radius 1 is 1.21 bits per heavy atom. The Kier molecular flexibility index (Phi) is 6.71. The van der Waals surface area contributed by atoms with Crippen molar-refractivity contribution in [2.24, 2.45) is 7.05 Å². The first kappa shape index (κ1) is 21.1. The van der Waals surface area contributed by atoms with Gasteiger partial charge in [0.25, 0.3) is 0 Å². The first-order valence-corrected chi connectivity index (χ1v) is 11.1. The number of rotatable bonds is 10. The predicted molar refractivity (Wildman–Crippen MR) is 115 cm³/mol. The third-order valence-electron chi connectivity index (χ3n) is 4.93. The van der Waals surface area contributed by atoms with E-state index in [-0.39, 0.29) is 25.0 Å². The Morgan fingerprint density at radius 2 is 1.93 bits per heavy atom. The summed E-state index contributed by atoms with van der Waals surface area (Å²) in [5, 5.41) is 1.15. The van der Waals surface area contributed by atoms with Crippen LogP contribution in [0, 0.1) is 0 Å². The van der Waals surface area contributed by atoms with Crippen molar-refractivity contribution in [1.29, 1.82) is 0 Å². The van der Waals surface area contributed by atoms with Crippen molar-refractivity contribution < 1.29 is 13.2 Å². The van der Waals surface area contributed by atoms with E-state index in [0.29, 0.717) is 6.54 Å². The number of carbonyl (C=O) groups excluding carboxylic acids is 1. The minimum atomic E-state index is -3.76.